The molecule has 0 rings (SSSR count). The van der Waals surface area contributed by atoms with E-state index in [1.54, 1.807) is 6.92 Å². The van der Waals surface area contributed by atoms with Crippen molar-refractivity contribution in [2.45, 2.75) is 52.4 Å². The second kappa shape index (κ2) is 6.80. The molecule has 0 N–H and O–H groups in total. The number of hydrogen-bond donors (Lipinski definition) is 0. The molecular formula is C8H18B2NO4S2. The van der Waals surface area contributed by atoms with E-state index < -0.39 is 25.8 Å². The van der Waals surface area contributed by atoms with Crippen LogP contribution < -0.4 is 0 Å². The van der Waals surface area contributed by atoms with Crippen molar-refractivity contribution in [2.75, 3.05) is 0 Å². The second-order valence-electron chi connectivity index (χ2n) is 3.88. The molecule has 0 aromatic heterocycles. The van der Waals surface area contributed by atoms with E-state index in [1.165, 1.54) is 6.92 Å². The first-order valence-electron chi connectivity index (χ1n) is 5.57. The van der Waals surface area contributed by atoms with Gasteiger partial charge in [-0.1, -0.05) is 33.0 Å². The van der Waals surface area contributed by atoms with Gasteiger partial charge in [0.25, 0.3) is 7.12 Å². The van der Waals surface area contributed by atoms with E-state index in [2.05, 4.69) is 0 Å². The minimum Gasteiger partial charge on any atom is -0.226 e. The quantitative estimate of drug-likeness (QED) is 0.483. The molecule has 1 atom stereocenters. The summed E-state index contributed by atoms with van der Waals surface area (Å²) in [6.45, 7) is 6.15. The van der Waals surface area contributed by atoms with Crippen LogP contribution in [0.25, 0.3) is 0 Å². The Morgan fingerprint density at radius 3 is 2.12 bits per heavy atom. The van der Waals surface area contributed by atoms with Gasteiger partial charge in [0, 0.05) is 6.04 Å². The van der Waals surface area contributed by atoms with Gasteiger partial charge in [0.15, 0.2) is 19.7 Å². The summed E-state index contributed by atoms with van der Waals surface area (Å²) in [6, 6.07) is -0.673. The van der Waals surface area contributed by atoms with E-state index in [9.17, 15) is 16.8 Å². The first-order valence-corrected chi connectivity index (χ1v) is 8.58. The standard InChI is InChI=1S/C8H18B2NO4S2/c1-4-6-7-10-17(14,15)11(8(3)5-2)16(9,12)13/h8H,4-7H2,1-3H3. The summed E-state index contributed by atoms with van der Waals surface area (Å²) in [5.41, 5.74) is 0. The lowest BCUT2D eigenvalue weighted by molar-refractivity contribution is 0.446. The molecule has 0 amide bonds. The Morgan fingerprint density at radius 1 is 1.24 bits per heavy atom. The van der Waals surface area contributed by atoms with E-state index in [0.717, 1.165) is 13.0 Å². The van der Waals surface area contributed by atoms with Gasteiger partial charge in [0.05, 0.1) is 0 Å². The van der Waals surface area contributed by atoms with Crippen molar-refractivity contribution in [1.82, 2.24) is 3.71 Å². The van der Waals surface area contributed by atoms with Gasteiger partial charge in [-0.2, -0.15) is 0 Å². The van der Waals surface area contributed by atoms with Crippen LogP contribution in [0.4, 0.5) is 0 Å². The summed E-state index contributed by atoms with van der Waals surface area (Å²) < 4.78 is 46.7. The maximum Gasteiger partial charge on any atom is 0.302 e. The minimum absolute atomic E-state index is 0.321. The van der Waals surface area contributed by atoms with E-state index in [1.807, 2.05) is 6.92 Å². The van der Waals surface area contributed by atoms with Crippen molar-refractivity contribution in [3.63, 3.8) is 0 Å². The molecule has 0 bridgehead atoms. The van der Waals surface area contributed by atoms with Crippen molar-refractivity contribution in [3.05, 3.63) is 0 Å². The minimum atomic E-state index is -4.26. The largest absolute Gasteiger partial charge is 0.302 e. The Morgan fingerprint density at radius 2 is 1.76 bits per heavy atom. The van der Waals surface area contributed by atoms with Crippen molar-refractivity contribution in [3.8, 4) is 0 Å². The van der Waals surface area contributed by atoms with Crippen molar-refractivity contribution < 1.29 is 16.8 Å². The van der Waals surface area contributed by atoms with Crippen LogP contribution in [0, 0.1) is 0 Å². The Bertz CT molecular complexity index is 421. The third kappa shape index (κ3) is 5.44. The van der Waals surface area contributed by atoms with Gasteiger partial charge in [-0.25, -0.2) is 16.8 Å². The summed E-state index contributed by atoms with van der Waals surface area (Å²) in [6.07, 6.45) is 2.22. The molecule has 0 aromatic rings. The molecule has 9 heteroatoms. The smallest absolute Gasteiger partial charge is 0.226 e. The van der Waals surface area contributed by atoms with E-state index in [-0.39, 0.29) is 0 Å². The van der Waals surface area contributed by atoms with Crippen LogP contribution in [0.15, 0.2) is 0 Å². The summed E-state index contributed by atoms with van der Waals surface area (Å²) in [7, 11) is -3.28. The molecule has 0 aromatic carbocycles. The van der Waals surface area contributed by atoms with Crippen molar-refractivity contribution in [2.24, 2.45) is 0 Å². The second-order valence-corrected chi connectivity index (χ2v) is 7.29. The number of nitrogens with zero attached hydrogens (tertiary/aromatic N) is 1. The molecule has 0 aliphatic heterocycles. The molecule has 0 spiro atoms. The Balaban J connectivity index is 5.06. The average Bonchev–Trinajstić information content (AvgIpc) is 2.15. The molecule has 0 heterocycles. The molecule has 0 saturated heterocycles. The fraction of sp³-hybridized carbons (Fsp3) is 1.00. The van der Waals surface area contributed by atoms with Crippen LogP contribution in [0.3, 0.4) is 0 Å². The lowest BCUT2D eigenvalue weighted by atomic mass is 9.99. The van der Waals surface area contributed by atoms with Crippen LogP contribution in [-0.2, 0) is 19.7 Å². The molecule has 3 radical (unpaired) electrons. The lowest BCUT2D eigenvalue weighted by Gasteiger charge is -2.26. The summed E-state index contributed by atoms with van der Waals surface area (Å²) in [5, 5.41) is 0. The maximum absolute atomic E-state index is 11.9. The average molecular weight is 278 g/mol. The van der Waals surface area contributed by atoms with Gasteiger partial charge < -0.3 is 0 Å². The monoisotopic (exact) mass is 278 g/mol. The third-order valence-corrected chi connectivity index (χ3v) is 5.97. The Kier molecular flexibility index (Phi) is 6.79. The molecule has 97 valence electrons. The van der Waals surface area contributed by atoms with Crippen LogP contribution in [-0.4, -0.2) is 40.3 Å². The highest BCUT2D eigenvalue weighted by Crippen LogP contribution is 2.15. The molecule has 17 heavy (non-hydrogen) atoms. The SMILES string of the molecule is [B]S(=O)(=O)N(C(C)CC)S(=O)(=O)[B]CCCC. The van der Waals surface area contributed by atoms with E-state index in [0.29, 0.717) is 22.9 Å². The maximum atomic E-state index is 11.9. The number of rotatable bonds is 8. The topological polar surface area (TPSA) is 71.5 Å². The zero-order valence-corrected chi connectivity index (χ0v) is 12.1. The highest BCUT2D eigenvalue weighted by atomic mass is 32.3. The van der Waals surface area contributed by atoms with Crippen LogP contribution in [0.1, 0.15) is 40.0 Å². The first kappa shape index (κ1) is 17.0. The van der Waals surface area contributed by atoms with Crippen LogP contribution in [0.2, 0.25) is 6.32 Å². The predicted octanol–water partition coefficient (Wildman–Crippen LogP) is 0.668. The normalized spacial score (nSPS) is 14.8. The lowest BCUT2D eigenvalue weighted by Crippen LogP contribution is -2.44. The van der Waals surface area contributed by atoms with Crippen molar-refractivity contribution >= 4 is 33.4 Å². The Labute approximate surface area is 107 Å². The fourth-order valence-corrected chi connectivity index (χ4v) is 4.56. The molecule has 0 saturated carbocycles. The predicted molar refractivity (Wildman–Crippen MR) is 70.7 cm³/mol. The fourth-order valence-electron chi connectivity index (χ4n) is 1.31. The highest BCUT2D eigenvalue weighted by Gasteiger charge is 2.33. The zero-order chi connectivity index (χ0) is 13.7. The third-order valence-electron chi connectivity index (χ3n) is 2.34. The molecule has 1 unspecified atom stereocenters. The van der Waals surface area contributed by atoms with Gasteiger partial charge in [-0.05, 0) is 13.3 Å². The number of hydrogen-bond acceptors (Lipinski definition) is 4. The highest BCUT2D eigenvalue weighted by molar-refractivity contribution is 8.24. The van der Waals surface area contributed by atoms with E-state index in [4.69, 9.17) is 7.12 Å². The molecular weight excluding hydrogens is 260 g/mol. The van der Waals surface area contributed by atoms with Gasteiger partial charge >= 0.3 is 6.56 Å². The van der Waals surface area contributed by atoms with Crippen molar-refractivity contribution in [1.29, 1.82) is 0 Å². The van der Waals surface area contributed by atoms with Crippen LogP contribution in [0.5, 0.6) is 0 Å². The van der Waals surface area contributed by atoms with Gasteiger partial charge in [0.2, 0.25) is 0 Å². The first-order chi connectivity index (χ1) is 7.66. The molecule has 0 aliphatic rings. The zero-order valence-electron chi connectivity index (χ0n) is 10.5. The summed E-state index contributed by atoms with van der Waals surface area (Å²) in [4.78, 5) is 0. The molecule has 0 aliphatic carbocycles. The number of unbranched alkanes of at least 4 members (excludes halogenated alkanes) is 1. The summed E-state index contributed by atoms with van der Waals surface area (Å²) in [5.74, 6) is 0. The molecule has 5 nitrogen and oxygen atoms in total. The van der Waals surface area contributed by atoms with Gasteiger partial charge in [-0.3, -0.25) is 0 Å². The Hall–Kier alpha value is -0.0101. The van der Waals surface area contributed by atoms with E-state index >= 15 is 0 Å². The summed E-state index contributed by atoms with van der Waals surface area (Å²) >= 11 is 0. The van der Waals surface area contributed by atoms with Gasteiger partial charge in [-0.15, -0.1) is 3.71 Å². The van der Waals surface area contributed by atoms with Gasteiger partial charge in [0.1, 0.15) is 0 Å². The van der Waals surface area contributed by atoms with Crippen LogP contribution >= 0.6 is 0 Å². The molecule has 0 fully saturated rings.